The van der Waals surface area contributed by atoms with E-state index in [-0.39, 0.29) is 0 Å². The maximum absolute atomic E-state index is 10.5. The lowest BCUT2D eigenvalue weighted by Gasteiger charge is -2.20. The van der Waals surface area contributed by atoms with Crippen LogP contribution in [-0.4, -0.2) is 12.2 Å². The first-order valence-electron chi connectivity index (χ1n) is 5.73. The molecule has 0 atom stereocenters. The Morgan fingerprint density at radius 2 is 1.83 bits per heavy atom. The van der Waals surface area contributed by atoms with Crippen molar-refractivity contribution in [2.24, 2.45) is 9.98 Å². The van der Waals surface area contributed by atoms with Crippen LogP contribution in [0.15, 0.2) is 28.2 Å². The number of carbonyl (C=O) groups excluding carboxylic acids is 2. The van der Waals surface area contributed by atoms with Gasteiger partial charge in [-0.3, -0.25) is 0 Å². The molecule has 1 aromatic rings. The summed E-state index contributed by atoms with van der Waals surface area (Å²) in [4.78, 5) is 28.4. The zero-order valence-corrected chi connectivity index (χ0v) is 11.0. The van der Waals surface area contributed by atoms with Crippen LogP contribution in [0.1, 0.15) is 44.7 Å². The molecule has 0 aliphatic rings. The van der Waals surface area contributed by atoms with Crippen LogP contribution in [0.5, 0.6) is 0 Å². The minimum absolute atomic E-state index is 0.331. The van der Waals surface area contributed by atoms with E-state index < -0.39 is 5.54 Å². The first-order chi connectivity index (χ1) is 8.42. The summed E-state index contributed by atoms with van der Waals surface area (Å²) >= 11 is 0. The van der Waals surface area contributed by atoms with Gasteiger partial charge in [-0.25, -0.2) is 9.59 Å². The Balaban J connectivity index is 3.45. The van der Waals surface area contributed by atoms with Crippen LogP contribution < -0.4 is 0 Å². The SMILES string of the molecule is CC(C)c1ccc(C(C)(C)N=C=O)c(N=C=O)c1. The van der Waals surface area contributed by atoms with Crippen LogP contribution in [0.2, 0.25) is 0 Å². The number of rotatable bonds is 4. The monoisotopic (exact) mass is 244 g/mol. The van der Waals surface area contributed by atoms with Gasteiger partial charge in [0.1, 0.15) is 0 Å². The number of hydrogen-bond donors (Lipinski definition) is 0. The average Bonchev–Trinajstić information content (AvgIpc) is 2.29. The van der Waals surface area contributed by atoms with Gasteiger partial charge in [-0.05, 0) is 31.4 Å². The van der Waals surface area contributed by atoms with Gasteiger partial charge in [0.25, 0.3) is 0 Å². The third-order valence-electron chi connectivity index (χ3n) is 2.84. The second kappa shape index (κ2) is 5.54. The smallest absolute Gasteiger partial charge is 0.211 e. The standard InChI is InChI=1S/C14H16N2O2/c1-10(2)11-5-6-12(13(7-11)15-8-17)14(3,4)16-9-18/h5-7,10H,1-4H3. The summed E-state index contributed by atoms with van der Waals surface area (Å²) in [6.07, 6.45) is 3.09. The van der Waals surface area contributed by atoms with Crippen LogP contribution in [0, 0.1) is 0 Å². The van der Waals surface area contributed by atoms with Gasteiger partial charge in [0.2, 0.25) is 12.2 Å². The molecular formula is C14H16N2O2. The van der Waals surface area contributed by atoms with Gasteiger partial charge >= 0.3 is 0 Å². The van der Waals surface area contributed by atoms with Crippen LogP contribution in [0.25, 0.3) is 0 Å². The van der Waals surface area contributed by atoms with Gasteiger partial charge in [0.15, 0.2) is 0 Å². The van der Waals surface area contributed by atoms with Crippen molar-refractivity contribution in [2.75, 3.05) is 0 Å². The van der Waals surface area contributed by atoms with Gasteiger partial charge < -0.3 is 0 Å². The normalized spacial score (nSPS) is 10.7. The Morgan fingerprint density at radius 3 is 2.33 bits per heavy atom. The number of benzene rings is 1. The molecule has 1 rings (SSSR count). The molecule has 4 nitrogen and oxygen atoms in total. The van der Waals surface area contributed by atoms with Crippen molar-refractivity contribution in [3.63, 3.8) is 0 Å². The molecular weight excluding hydrogens is 228 g/mol. The first kappa shape index (κ1) is 14.0. The van der Waals surface area contributed by atoms with Gasteiger partial charge in [0, 0.05) is 5.56 Å². The Labute approximate surface area is 106 Å². The zero-order valence-electron chi connectivity index (χ0n) is 11.0. The molecule has 0 amide bonds. The Morgan fingerprint density at radius 1 is 1.17 bits per heavy atom. The molecule has 0 aliphatic carbocycles. The fourth-order valence-corrected chi connectivity index (χ4v) is 1.74. The van der Waals surface area contributed by atoms with E-state index in [4.69, 9.17) is 0 Å². The highest BCUT2D eigenvalue weighted by atomic mass is 16.1. The lowest BCUT2D eigenvalue weighted by Crippen LogP contribution is -2.14. The van der Waals surface area contributed by atoms with Crippen LogP contribution >= 0.6 is 0 Å². The van der Waals surface area contributed by atoms with E-state index in [0.29, 0.717) is 17.2 Å². The van der Waals surface area contributed by atoms with Gasteiger partial charge in [-0.15, -0.1) is 0 Å². The molecule has 4 heteroatoms. The van der Waals surface area contributed by atoms with Gasteiger partial charge in [-0.1, -0.05) is 26.0 Å². The largest absolute Gasteiger partial charge is 0.240 e. The molecule has 94 valence electrons. The van der Waals surface area contributed by atoms with Crippen molar-refractivity contribution < 1.29 is 9.59 Å². The first-order valence-corrected chi connectivity index (χ1v) is 5.73. The molecule has 0 N–H and O–H groups in total. The minimum Gasteiger partial charge on any atom is -0.211 e. The lowest BCUT2D eigenvalue weighted by molar-refractivity contribution is 0.523. The Hall–Kier alpha value is -2.02. The number of nitrogens with zero attached hydrogens (tertiary/aromatic N) is 2. The lowest BCUT2D eigenvalue weighted by atomic mass is 9.90. The van der Waals surface area contributed by atoms with Gasteiger partial charge in [-0.2, -0.15) is 9.98 Å². The second-order valence-corrected chi connectivity index (χ2v) is 4.90. The van der Waals surface area contributed by atoms with Gasteiger partial charge in [0.05, 0.1) is 11.2 Å². The highest BCUT2D eigenvalue weighted by molar-refractivity contribution is 5.58. The van der Waals surface area contributed by atoms with Crippen molar-refractivity contribution in [1.82, 2.24) is 0 Å². The molecule has 0 unspecified atom stereocenters. The van der Waals surface area contributed by atoms with E-state index in [1.807, 2.05) is 18.2 Å². The molecule has 0 saturated carbocycles. The molecule has 1 aromatic carbocycles. The fraction of sp³-hybridized carbons (Fsp3) is 0.429. The minimum atomic E-state index is -0.757. The van der Waals surface area contributed by atoms with E-state index >= 15 is 0 Å². The molecule has 18 heavy (non-hydrogen) atoms. The quantitative estimate of drug-likeness (QED) is 0.602. The number of hydrogen-bond acceptors (Lipinski definition) is 4. The molecule has 0 heterocycles. The number of aliphatic imine (C=N–C) groups is 2. The molecule has 0 aliphatic heterocycles. The third kappa shape index (κ3) is 3.01. The third-order valence-corrected chi connectivity index (χ3v) is 2.84. The molecule has 0 aromatic heterocycles. The van der Waals surface area contributed by atoms with E-state index in [1.165, 1.54) is 6.08 Å². The highest BCUT2D eigenvalue weighted by Gasteiger charge is 2.23. The Bertz CT molecular complexity index is 535. The summed E-state index contributed by atoms with van der Waals surface area (Å²) in [7, 11) is 0. The summed E-state index contributed by atoms with van der Waals surface area (Å²) < 4.78 is 0. The Kier molecular flexibility index (Phi) is 4.33. The summed E-state index contributed by atoms with van der Waals surface area (Å²) in [5.74, 6) is 0.331. The topological polar surface area (TPSA) is 58.9 Å². The van der Waals surface area contributed by atoms with Crippen molar-refractivity contribution in [3.05, 3.63) is 29.3 Å². The van der Waals surface area contributed by atoms with E-state index in [1.54, 1.807) is 19.9 Å². The molecule has 0 radical (unpaired) electrons. The summed E-state index contributed by atoms with van der Waals surface area (Å²) in [6, 6.07) is 5.62. The van der Waals surface area contributed by atoms with Crippen molar-refractivity contribution in [1.29, 1.82) is 0 Å². The zero-order chi connectivity index (χ0) is 13.8. The van der Waals surface area contributed by atoms with Crippen molar-refractivity contribution in [3.8, 4) is 0 Å². The maximum Gasteiger partial charge on any atom is 0.240 e. The van der Waals surface area contributed by atoms with Crippen LogP contribution in [-0.2, 0) is 15.1 Å². The van der Waals surface area contributed by atoms with E-state index in [9.17, 15) is 9.59 Å². The fourth-order valence-electron chi connectivity index (χ4n) is 1.74. The molecule has 0 fully saturated rings. The summed E-state index contributed by atoms with van der Waals surface area (Å²) in [5.41, 5.74) is 1.52. The number of isocyanates is 2. The highest BCUT2D eigenvalue weighted by Crippen LogP contribution is 2.34. The average molecular weight is 244 g/mol. The molecule has 0 spiro atoms. The molecule has 0 saturated heterocycles. The van der Waals surface area contributed by atoms with Crippen molar-refractivity contribution >= 4 is 17.8 Å². The molecule has 0 bridgehead atoms. The van der Waals surface area contributed by atoms with E-state index in [2.05, 4.69) is 23.8 Å². The van der Waals surface area contributed by atoms with Crippen molar-refractivity contribution in [2.45, 2.75) is 39.2 Å². The predicted molar refractivity (Wildman–Crippen MR) is 69.5 cm³/mol. The van der Waals surface area contributed by atoms with E-state index in [0.717, 1.165) is 5.56 Å². The second-order valence-electron chi connectivity index (χ2n) is 4.90. The predicted octanol–water partition coefficient (Wildman–Crippen LogP) is 3.35. The van der Waals surface area contributed by atoms with Crippen LogP contribution in [0.3, 0.4) is 0 Å². The van der Waals surface area contributed by atoms with Crippen LogP contribution in [0.4, 0.5) is 5.69 Å². The maximum atomic E-state index is 10.5. The summed E-state index contributed by atoms with van der Waals surface area (Å²) in [6.45, 7) is 7.65. The summed E-state index contributed by atoms with van der Waals surface area (Å²) in [5, 5.41) is 0.